The summed E-state index contributed by atoms with van der Waals surface area (Å²) < 4.78 is 19.6. The molecule has 0 spiro atoms. The molecule has 0 saturated heterocycles. The van der Waals surface area contributed by atoms with E-state index in [9.17, 15) is 5.25 Å². The molecule has 0 aliphatic carbocycles. The Labute approximate surface area is 82.9 Å². The largest absolute Gasteiger partial charge is 0.168 e. The third-order valence-corrected chi connectivity index (χ3v) is 1.55. The van der Waals surface area contributed by atoms with Crippen molar-refractivity contribution in [2.45, 2.75) is 0 Å². The molecule has 0 radical (unpaired) electrons. The minimum atomic E-state index is -2.77. The average Bonchev–Trinajstić information content (AvgIpc) is 2.52. The standard InChI is InChI=1S/C9H7.2FH.Zr/c1-2-5-9-7-3-6-8(9)4-1;;;/h1-7H;2*1H;/q-1;;;+2/p-2. The molecule has 0 bridgehead atoms. The normalized spacial score (nSPS) is 8.83. The van der Waals surface area contributed by atoms with Gasteiger partial charge in [0.15, 0.2) is 0 Å². The quantitative estimate of drug-likeness (QED) is 0.623. The van der Waals surface area contributed by atoms with Crippen LogP contribution in [0.15, 0.2) is 42.5 Å². The Morgan fingerprint density at radius 3 is 2.42 bits per heavy atom. The first-order valence-electron chi connectivity index (χ1n) is 3.45. The predicted molar refractivity (Wildman–Crippen MR) is 41.8 cm³/mol. The Morgan fingerprint density at radius 2 is 1.75 bits per heavy atom. The molecule has 0 fully saturated rings. The molecule has 0 amide bonds. The Balaban J connectivity index is 0.000000213. The van der Waals surface area contributed by atoms with Crippen LogP contribution in [0.2, 0.25) is 0 Å². The van der Waals surface area contributed by atoms with E-state index in [1.165, 1.54) is 10.8 Å². The molecule has 0 N–H and O–H groups in total. The van der Waals surface area contributed by atoms with E-state index >= 15 is 0 Å². The second-order valence-electron chi connectivity index (χ2n) is 2.23. The third kappa shape index (κ3) is 2.56. The van der Waals surface area contributed by atoms with Crippen molar-refractivity contribution < 1.29 is 29.7 Å². The Hall–Kier alpha value is -0.427. The molecule has 2 rings (SSSR count). The first-order valence-corrected chi connectivity index (χ1v) is 5.31. The van der Waals surface area contributed by atoms with E-state index in [1.54, 1.807) is 0 Å². The van der Waals surface area contributed by atoms with Gasteiger partial charge in [-0.2, -0.15) is 17.5 Å². The molecule has 12 heavy (non-hydrogen) atoms. The predicted octanol–water partition coefficient (Wildman–Crippen LogP) is 3.40. The Kier molecular flexibility index (Phi) is 4.23. The van der Waals surface area contributed by atoms with Crippen molar-refractivity contribution in [3.63, 3.8) is 0 Å². The topological polar surface area (TPSA) is 0 Å². The summed E-state index contributed by atoms with van der Waals surface area (Å²) in [6.07, 6.45) is 0. The summed E-state index contributed by atoms with van der Waals surface area (Å²) in [4.78, 5) is 0. The van der Waals surface area contributed by atoms with Crippen LogP contribution in [0.25, 0.3) is 10.8 Å². The van der Waals surface area contributed by atoms with Crippen LogP contribution in [0.1, 0.15) is 0 Å². The van der Waals surface area contributed by atoms with Crippen molar-refractivity contribution in [1.82, 2.24) is 0 Å². The molecular weight excluding hydrogens is 237 g/mol. The van der Waals surface area contributed by atoms with E-state index < -0.39 is 24.5 Å². The fourth-order valence-corrected chi connectivity index (χ4v) is 1.07. The van der Waals surface area contributed by atoms with Crippen LogP contribution in [0, 0.1) is 0 Å². The van der Waals surface area contributed by atoms with E-state index in [2.05, 4.69) is 42.5 Å². The summed E-state index contributed by atoms with van der Waals surface area (Å²) in [5, 5.41) is 2.66. The summed E-state index contributed by atoms with van der Waals surface area (Å²) in [5.74, 6) is 0. The van der Waals surface area contributed by atoms with Crippen molar-refractivity contribution >= 4 is 10.8 Å². The first-order chi connectivity index (χ1) is 5.88. The van der Waals surface area contributed by atoms with Gasteiger partial charge in [0.05, 0.1) is 0 Å². The van der Waals surface area contributed by atoms with E-state index in [-0.39, 0.29) is 0 Å². The second kappa shape index (κ2) is 5.26. The van der Waals surface area contributed by atoms with Gasteiger partial charge in [0.1, 0.15) is 0 Å². The maximum Gasteiger partial charge on any atom is -0.0809 e. The van der Waals surface area contributed by atoms with Gasteiger partial charge < -0.3 is 0 Å². The van der Waals surface area contributed by atoms with Gasteiger partial charge in [-0.3, -0.25) is 0 Å². The van der Waals surface area contributed by atoms with Crippen molar-refractivity contribution in [3.05, 3.63) is 42.5 Å². The molecule has 0 unspecified atom stereocenters. The van der Waals surface area contributed by atoms with Crippen molar-refractivity contribution in [1.29, 1.82) is 0 Å². The Morgan fingerprint density at radius 1 is 1.08 bits per heavy atom. The number of hydrogen-bond donors (Lipinski definition) is 0. The summed E-state index contributed by atoms with van der Waals surface area (Å²) in [6, 6.07) is 14.7. The van der Waals surface area contributed by atoms with Gasteiger partial charge in [-0.15, -0.1) is 29.7 Å². The van der Waals surface area contributed by atoms with Gasteiger partial charge in [-0.1, -0.05) is 6.07 Å². The molecule has 0 aliphatic rings. The maximum absolute atomic E-state index is 9.80. The van der Waals surface area contributed by atoms with Crippen LogP contribution in [0.3, 0.4) is 0 Å². The van der Waals surface area contributed by atoms with Crippen LogP contribution < -0.4 is 0 Å². The number of fused-ring (bicyclic) bond motifs is 1. The summed E-state index contributed by atoms with van der Waals surface area (Å²) in [5.41, 5.74) is 0. The molecule has 0 atom stereocenters. The second-order valence-corrected chi connectivity index (χ2v) is 2.58. The fraction of sp³-hybridized carbons (Fsp3) is 0. The average molecular weight is 244 g/mol. The zero-order chi connectivity index (χ0) is 8.81. The number of rotatable bonds is 0. The van der Waals surface area contributed by atoms with Crippen LogP contribution in [-0.2, 0) is 24.5 Å². The summed E-state index contributed by atoms with van der Waals surface area (Å²) in [6.45, 7) is 0. The molecule has 3 heteroatoms. The van der Waals surface area contributed by atoms with E-state index in [1.807, 2.05) is 0 Å². The van der Waals surface area contributed by atoms with Crippen molar-refractivity contribution in [3.8, 4) is 0 Å². The van der Waals surface area contributed by atoms with Crippen LogP contribution >= 0.6 is 0 Å². The van der Waals surface area contributed by atoms with Crippen LogP contribution in [0.5, 0.6) is 0 Å². The van der Waals surface area contributed by atoms with Gasteiger partial charge in [0.25, 0.3) is 0 Å². The zero-order valence-corrected chi connectivity index (χ0v) is 8.76. The monoisotopic (exact) mass is 243 g/mol. The van der Waals surface area contributed by atoms with Crippen molar-refractivity contribution in [2.75, 3.05) is 0 Å². The van der Waals surface area contributed by atoms with Gasteiger partial charge in [-0.05, 0) is 0 Å². The van der Waals surface area contributed by atoms with Gasteiger partial charge >= 0.3 is 29.7 Å². The van der Waals surface area contributed by atoms with E-state index in [0.717, 1.165) is 0 Å². The molecule has 0 heterocycles. The molecule has 2 aromatic rings. The molecule has 0 nitrogen and oxygen atoms in total. The third-order valence-electron chi connectivity index (χ3n) is 1.55. The minimum Gasteiger partial charge on any atom is -0.168 e. The van der Waals surface area contributed by atoms with Gasteiger partial charge in [0, 0.05) is 0 Å². The minimum absolute atomic E-state index is 1.33. The number of halogens is 2. The summed E-state index contributed by atoms with van der Waals surface area (Å²) in [7, 11) is 0. The number of benzene rings is 1. The number of hydrogen-bond acceptors (Lipinski definition) is 0. The molecule has 0 aromatic heterocycles. The summed E-state index contributed by atoms with van der Waals surface area (Å²) >= 11 is -2.77. The molecule has 2 aromatic carbocycles. The van der Waals surface area contributed by atoms with E-state index in [0.29, 0.717) is 0 Å². The SMILES string of the molecule is [F][Zr][F].c1ccc2[cH-]ccc2c1. The molecule has 0 aliphatic heterocycles. The first kappa shape index (κ1) is 9.66. The molecule has 0 saturated carbocycles. The molecule has 62 valence electrons. The molecular formula is C9H7F2Zr-. The zero-order valence-electron chi connectivity index (χ0n) is 6.30. The van der Waals surface area contributed by atoms with Crippen LogP contribution in [-0.4, -0.2) is 0 Å². The van der Waals surface area contributed by atoms with Gasteiger partial charge in [-0.25, -0.2) is 0 Å². The van der Waals surface area contributed by atoms with Gasteiger partial charge in [0.2, 0.25) is 0 Å². The Bertz CT molecular complexity index is 300. The van der Waals surface area contributed by atoms with E-state index in [4.69, 9.17) is 0 Å². The van der Waals surface area contributed by atoms with Crippen LogP contribution in [0.4, 0.5) is 5.25 Å². The smallest absolute Gasteiger partial charge is 0.0809 e. The fourth-order valence-electron chi connectivity index (χ4n) is 1.07. The maximum atomic E-state index is 9.80. The van der Waals surface area contributed by atoms with Crippen molar-refractivity contribution in [2.24, 2.45) is 0 Å².